The van der Waals surface area contributed by atoms with Gasteiger partial charge in [0, 0.05) is 6.04 Å². The zero-order valence-corrected chi connectivity index (χ0v) is 12.5. The summed E-state index contributed by atoms with van der Waals surface area (Å²) in [4.78, 5) is 0.481. The predicted molar refractivity (Wildman–Crippen MR) is 73.5 cm³/mol. The van der Waals surface area contributed by atoms with Crippen LogP contribution in [0.3, 0.4) is 0 Å². The lowest BCUT2D eigenvalue weighted by Crippen LogP contribution is -2.27. The molecule has 1 aliphatic rings. The van der Waals surface area contributed by atoms with E-state index in [1.165, 1.54) is 5.56 Å². The van der Waals surface area contributed by atoms with E-state index in [9.17, 15) is 8.42 Å². The van der Waals surface area contributed by atoms with Crippen LogP contribution < -0.4 is 4.72 Å². The van der Waals surface area contributed by atoms with E-state index >= 15 is 0 Å². The molecule has 4 heteroatoms. The van der Waals surface area contributed by atoms with Crippen LogP contribution in [0, 0.1) is 34.6 Å². The summed E-state index contributed by atoms with van der Waals surface area (Å²) in [5, 5.41) is 0. The Balaban J connectivity index is 2.63. The summed E-state index contributed by atoms with van der Waals surface area (Å²) in [7, 11) is -3.37. The SMILES string of the molecule is Cc1c(C)c(C)c(S(=O)(=O)NC2CC2)c(C)c1C. The Morgan fingerprint density at radius 2 is 1.22 bits per heavy atom. The average Bonchev–Trinajstić information content (AvgIpc) is 3.06. The first-order valence-electron chi connectivity index (χ1n) is 6.35. The molecule has 0 saturated heterocycles. The summed E-state index contributed by atoms with van der Waals surface area (Å²) in [6.07, 6.45) is 1.92. The summed E-state index contributed by atoms with van der Waals surface area (Å²) in [6, 6.07) is 0.149. The van der Waals surface area contributed by atoms with Gasteiger partial charge in [0.05, 0.1) is 4.90 Å². The highest BCUT2D eigenvalue weighted by molar-refractivity contribution is 7.89. The Labute approximate surface area is 110 Å². The maximum atomic E-state index is 12.4. The Hall–Kier alpha value is -0.870. The average molecular weight is 267 g/mol. The van der Waals surface area contributed by atoms with E-state index in [1.54, 1.807) is 0 Å². The van der Waals surface area contributed by atoms with Crippen molar-refractivity contribution < 1.29 is 8.42 Å². The fraction of sp³-hybridized carbons (Fsp3) is 0.571. The van der Waals surface area contributed by atoms with Crippen LogP contribution in [0.5, 0.6) is 0 Å². The van der Waals surface area contributed by atoms with Gasteiger partial charge in [-0.25, -0.2) is 13.1 Å². The molecule has 0 heterocycles. The maximum Gasteiger partial charge on any atom is 0.241 e. The highest BCUT2D eigenvalue weighted by atomic mass is 32.2. The molecule has 1 aromatic carbocycles. The third-order valence-electron chi connectivity index (χ3n) is 4.10. The van der Waals surface area contributed by atoms with Crippen LogP contribution in [0.25, 0.3) is 0 Å². The van der Waals surface area contributed by atoms with Crippen molar-refractivity contribution in [3.05, 3.63) is 27.8 Å². The number of hydrogen-bond donors (Lipinski definition) is 1. The van der Waals surface area contributed by atoms with Crippen molar-refractivity contribution >= 4 is 10.0 Å². The van der Waals surface area contributed by atoms with Crippen molar-refractivity contribution in [1.29, 1.82) is 0 Å². The lowest BCUT2D eigenvalue weighted by Gasteiger charge is -2.18. The van der Waals surface area contributed by atoms with Crippen LogP contribution in [0.15, 0.2) is 4.90 Å². The van der Waals surface area contributed by atoms with Crippen molar-refractivity contribution in [3.63, 3.8) is 0 Å². The molecule has 0 amide bonds. The summed E-state index contributed by atoms with van der Waals surface area (Å²) in [6.45, 7) is 9.84. The maximum absolute atomic E-state index is 12.4. The highest BCUT2D eigenvalue weighted by Gasteiger charge is 2.30. The molecule has 0 atom stereocenters. The van der Waals surface area contributed by atoms with Gasteiger partial charge in [0.25, 0.3) is 0 Å². The molecule has 1 saturated carbocycles. The fourth-order valence-corrected chi connectivity index (χ4v) is 4.25. The van der Waals surface area contributed by atoms with E-state index in [4.69, 9.17) is 0 Å². The smallest absolute Gasteiger partial charge is 0.208 e. The molecule has 0 unspecified atom stereocenters. The van der Waals surface area contributed by atoms with Gasteiger partial charge in [0.1, 0.15) is 0 Å². The second kappa shape index (κ2) is 4.35. The molecular weight excluding hydrogens is 246 g/mol. The third-order valence-corrected chi connectivity index (χ3v) is 5.89. The molecule has 3 nitrogen and oxygen atoms in total. The molecule has 0 aromatic heterocycles. The van der Waals surface area contributed by atoms with Crippen molar-refractivity contribution in [3.8, 4) is 0 Å². The molecule has 2 rings (SSSR count). The summed E-state index contributed by atoms with van der Waals surface area (Å²) in [5.74, 6) is 0. The highest BCUT2D eigenvalue weighted by Crippen LogP contribution is 2.31. The molecule has 0 radical (unpaired) electrons. The van der Waals surface area contributed by atoms with Gasteiger partial charge in [-0.3, -0.25) is 0 Å². The molecule has 1 N–H and O–H groups in total. The van der Waals surface area contributed by atoms with E-state index in [1.807, 2.05) is 27.7 Å². The molecular formula is C14H21NO2S. The Bertz CT molecular complexity index is 570. The first-order valence-corrected chi connectivity index (χ1v) is 7.83. The van der Waals surface area contributed by atoms with E-state index in [-0.39, 0.29) is 6.04 Å². The number of hydrogen-bond acceptors (Lipinski definition) is 2. The number of nitrogens with one attached hydrogen (secondary N) is 1. The monoisotopic (exact) mass is 267 g/mol. The van der Waals surface area contributed by atoms with Crippen LogP contribution in [-0.2, 0) is 10.0 Å². The van der Waals surface area contributed by atoms with E-state index < -0.39 is 10.0 Å². The minimum absolute atomic E-state index is 0.149. The molecule has 0 bridgehead atoms. The van der Waals surface area contributed by atoms with Gasteiger partial charge in [-0.15, -0.1) is 0 Å². The Morgan fingerprint density at radius 3 is 1.61 bits per heavy atom. The topological polar surface area (TPSA) is 46.2 Å². The molecule has 0 aliphatic heterocycles. The summed E-state index contributed by atoms with van der Waals surface area (Å²) < 4.78 is 27.6. The van der Waals surface area contributed by atoms with Crippen molar-refractivity contribution in [2.75, 3.05) is 0 Å². The lowest BCUT2D eigenvalue weighted by atomic mass is 9.95. The van der Waals surface area contributed by atoms with Gasteiger partial charge in [0.15, 0.2) is 0 Å². The molecule has 0 spiro atoms. The van der Waals surface area contributed by atoms with E-state index in [0.29, 0.717) is 4.90 Å². The van der Waals surface area contributed by atoms with E-state index in [0.717, 1.165) is 35.1 Å². The quantitative estimate of drug-likeness (QED) is 0.915. The van der Waals surface area contributed by atoms with Gasteiger partial charge >= 0.3 is 0 Å². The molecule has 1 aromatic rings. The number of rotatable bonds is 3. The first-order chi connectivity index (χ1) is 8.25. The predicted octanol–water partition coefficient (Wildman–Crippen LogP) is 2.67. The van der Waals surface area contributed by atoms with Crippen LogP contribution in [-0.4, -0.2) is 14.5 Å². The van der Waals surface area contributed by atoms with Crippen molar-refractivity contribution in [1.82, 2.24) is 4.72 Å². The minimum Gasteiger partial charge on any atom is -0.208 e. The van der Waals surface area contributed by atoms with Crippen LogP contribution in [0.2, 0.25) is 0 Å². The molecule has 18 heavy (non-hydrogen) atoms. The molecule has 1 aliphatic carbocycles. The lowest BCUT2D eigenvalue weighted by molar-refractivity contribution is 0.579. The van der Waals surface area contributed by atoms with Gasteiger partial charge in [-0.2, -0.15) is 0 Å². The van der Waals surface area contributed by atoms with Gasteiger partial charge in [-0.1, -0.05) is 0 Å². The third kappa shape index (κ3) is 2.19. The van der Waals surface area contributed by atoms with E-state index in [2.05, 4.69) is 11.6 Å². The number of benzene rings is 1. The minimum atomic E-state index is -3.37. The van der Waals surface area contributed by atoms with Crippen LogP contribution in [0.1, 0.15) is 40.7 Å². The van der Waals surface area contributed by atoms with Crippen LogP contribution >= 0.6 is 0 Å². The molecule has 1 fully saturated rings. The van der Waals surface area contributed by atoms with Crippen molar-refractivity contribution in [2.24, 2.45) is 0 Å². The Kier molecular flexibility index (Phi) is 3.28. The normalized spacial score (nSPS) is 16.1. The number of sulfonamides is 1. The second-order valence-electron chi connectivity index (χ2n) is 5.35. The Morgan fingerprint density at radius 1 is 0.833 bits per heavy atom. The fourth-order valence-electron chi connectivity index (χ4n) is 2.35. The van der Waals surface area contributed by atoms with Crippen molar-refractivity contribution in [2.45, 2.75) is 58.4 Å². The van der Waals surface area contributed by atoms with Gasteiger partial charge < -0.3 is 0 Å². The van der Waals surface area contributed by atoms with Crippen LogP contribution in [0.4, 0.5) is 0 Å². The summed E-state index contributed by atoms with van der Waals surface area (Å²) >= 11 is 0. The standard InChI is InChI=1S/C14H21NO2S/c1-8-9(2)11(4)14(12(5)10(8)3)18(16,17)15-13-6-7-13/h13,15H,6-7H2,1-5H3. The zero-order valence-electron chi connectivity index (χ0n) is 11.7. The molecule has 100 valence electrons. The first kappa shape index (κ1) is 13.6. The van der Waals surface area contributed by atoms with Gasteiger partial charge in [0.2, 0.25) is 10.0 Å². The zero-order chi connectivity index (χ0) is 13.7. The largest absolute Gasteiger partial charge is 0.241 e. The van der Waals surface area contributed by atoms with Gasteiger partial charge in [-0.05, 0) is 75.3 Å². The summed E-state index contributed by atoms with van der Waals surface area (Å²) in [5.41, 5.74) is 5.10. The second-order valence-corrected chi connectivity index (χ2v) is 7.00.